The van der Waals surface area contributed by atoms with Crippen LogP contribution in [-0.2, 0) is 22.4 Å². The number of amides is 2. The Labute approximate surface area is 183 Å². The van der Waals surface area contributed by atoms with Crippen molar-refractivity contribution in [2.45, 2.75) is 57.7 Å². The van der Waals surface area contributed by atoms with Crippen molar-refractivity contribution >= 4 is 17.5 Å². The van der Waals surface area contributed by atoms with Gasteiger partial charge in [-0.05, 0) is 54.0 Å². The second-order valence-electron chi connectivity index (χ2n) is 8.75. The third kappa shape index (κ3) is 4.62. The van der Waals surface area contributed by atoms with Gasteiger partial charge in [0.15, 0.2) is 0 Å². The number of hydrogen-bond acceptors (Lipinski definition) is 4. The zero-order valence-electron chi connectivity index (χ0n) is 17.9. The number of hydrogen-bond donors (Lipinski definition) is 3. The summed E-state index contributed by atoms with van der Waals surface area (Å²) < 4.78 is 0. The van der Waals surface area contributed by atoms with Crippen molar-refractivity contribution in [3.63, 3.8) is 0 Å². The molecule has 0 radical (unpaired) electrons. The summed E-state index contributed by atoms with van der Waals surface area (Å²) in [6, 6.07) is 15.6. The zero-order chi connectivity index (χ0) is 22.0. The van der Waals surface area contributed by atoms with Crippen molar-refractivity contribution < 1.29 is 9.59 Å². The van der Waals surface area contributed by atoms with Crippen molar-refractivity contribution in [1.82, 2.24) is 10.6 Å². The molecule has 0 spiro atoms. The third-order valence-corrected chi connectivity index (χ3v) is 6.34. The fraction of sp³-hybridized carbons (Fsp3) is 0.400. The first-order valence-corrected chi connectivity index (χ1v) is 10.9. The molecule has 2 aliphatic rings. The summed E-state index contributed by atoms with van der Waals surface area (Å²) in [6.07, 6.45) is 2.91. The second kappa shape index (κ2) is 8.91. The first-order valence-electron chi connectivity index (χ1n) is 10.9. The van der Waals surface area contributed by atoms with Crippen LogP contribution in [0.15, 0.2) is 42.5 Å². The maximum Gasteiger partial charge on any atom is 0.238 e. The Morgan fingerprint density at radius 2 is 1.97 bits per heavy atom. The van der Waals surface area contributed by atoms with Crippen molar-refractivity contribution in [3.05, 3.63) is 53.6 Å². The lowest BCUT2D eigenvalue weighted by Gasteiger charge is -2.33. The van der Waals surface area contributed by atoms with Crippen LogP contribution < -0.4 is 16.0 Å². The number of benzene rings is 2. The lowest BCUT2D eigenvalue weighted by atomic mass is 9.88. The summed E-state index contributed by atoms with van der Waals surface area (Å²) in [7, 11) is 0. The first kappa shape index (κ1) is 21.1. The highest BCUT2D eigenvalue weighted by Gasteiger charge is 2.31. The van der Waals surface area contributed by atoms with E-state index in [1.807, 2.05) is 42.5 Å². The van der Waals surface area contributed by atoms with E-state index in [0.717, 1.165) is 40.8 Å². The Balaban J connectivity index is 1.43. The summed E-state index contributed by atoms with van der Waals surface area (Å²) in [5.74, 6) is 0.172. The van der Waals surface area contributed by atoms with Gasteiger partial charge in [0.05, 0.1) is 18.5 Å². The average molecular weight is 417 g/mol. The van der Waals surface area contributed by atoms with Gasteiger partial charge >= 0.3 is 0 Å². The SMILES string of the molecule is C[C@@H]1CC[C@H](C)N[C@@H]1C(=O)N[C@H](C#N)Cc1ccc(-c2cccc3c2CC(=O)N3)cc1. The minimum absolute atomic E-state index is 0.0165. The summed E-state index contributed by atoms with van der Waals surface area (Å²) in [5, 5.41) is 18.7. The molecule has 4 rings (SSSR count). The Morgan fingerprint density at radius 3 is 2.71 bits per heavy atom. The van der Waals surface area contributed by atoms with E-state index in [9.17, 15) is 14.9 Å². The van der Waals surface area contributed by atoms with E-state index in [1.165, 1.54) is 0 Å². The van der Waals surface area contributed by atoms with Gasteiger partial charge < -0.3 is 16.0 Å². The molecule has 0 aromatic heterocycles. The molecule has 31 heavy (non-hydrogen) atoms. The molecule has 0 aliphatic carbocycles. The van der Waals surface area contributed by atoms with E-state index in [2.05, 4.69) is 35.9 Å². The minimum Gasteiger partial charge on any atom is -0.339 e. The molecular formula is C25H28N4O2. The van der Waals surface area contributed by atoms with Gasteiger partial charge in [-0.2, -0.15) is 5.26 Å². The van der Waals surface area contributed by atoms with E-state index < -0.39 is 6.04 Å². The lowest BCUT2D eigenvalue weighted by Crippen LogP contribution is -2.55. The van der Waals surface area contributed by atoms with Gasteiger partial charge in [-0.3, -0.25) is 9.59 Å². The van der Waals surface area contributed by atoms with Crippen molar-refractivity contribution in [3.8, 4) is 17.2 Å². The molecule has 2 aromatic rings. The molecule has 3 N–H and O–H groups in total. The molecule has 0 bridgehead atoms. The van der Waals surface area contributed by atoms with E-state index >= 15 is 0 Å². The van der Waals surface area contributed by atoms with Crippen LogP contribution in [0, 0.1) is 17.2 Å². The van der Waals surface area contributed by atoms with Crippen molar-refractivity contribution in [2.75, 3.05) is 5.32 Å². The molecule has 2 aromatic carbocycles. The highest BCUT2D eigenvalue weighted by atomic mass is 16.2. The number of nitrogens with one attached hydrogen (secondary N) is 3. The van der Waals surface area contributed by atoms with Gasteiger partial charge in [0, 0.05) is 18.2 Å². The van der Waals surface area contributed by atoms with Gasteiger partial charge in [-0.25, -0.2) is 0 Å². The number of nitriles is 1. The lowest BCUT2D eigenvalue weighted by molar-refractivity contribution is -0.125. The van der Waals surface area contributed by atoms with Crippen LogP contribution >= 0.6 is 0 Å². The molecule has 1 fully saturated rings. The van der Waals surface area contributed by atoms with Gasteiger partial charge in [0.25, 0.3) is 0 Å². The molecule has 2 amide bonds. The van der Waals surface area contributed by atoms with Crippen LogP contribution in [0.4, 0.5) is 5.69 Å². The molecule has 6 nitrogen and oxygen atoms in total. The number of carbonyl (C=O) groups excluding carboxylic acids is 2. The van der Waals surface area contributed by atoms with E-state index in [4.69, 9.17) is 0 Å². The predicted molar refractivity (Wildman–Crippen MR) is 120 cm³/mol. The van der Waals surface area contributed by atoms with Crippen LogP contribution in [-0.4, -0.2) is 29.9 Å². The van der Waals surface area contributed by atoms with Crippen LogP contribution in [0.5, 0.6) is 0 Å². The Bertz CT molecular complexity index is 1020. The number of fused-ring (bicyclic) bond motifs is 1. The quantitative estimate of drug-likeness (QED) is 0.698. The molecule has 2 aliphatic heterocycles. The van der Waals surface area contributed by atoms with Crippen molar-refractivity contribution in [1.29, 1.82) is 5.26 Å². The van der Waals surface area contributed by atoms with E-state index in [1.54, 1.807) is 0 Å². The minimum atomic E-state index is -0.577. The topological polar surface area (TPSA) is 94.0 Å². The predicted octanol–water partition coefficient (Wildman–Crippen LogP) is 3.18. The van der Waals surface area contributed by atoms with Gasteiger partial charge in [-0.15, -0.1) is 0 Å². The number of carbonyl (C=O) groups is 2. The Kier molecular flexibility index (Phi) is 6.06. The zero-order valence-corrected chi connectivity index (χ0v) is 17.9. The molecule has 160 valence electrons. The molecule has 6 heteroatoms. The van der Waals surface area contributed by atoms with Crippen molar-refractivity contribution in [2.24, 2.45) is 5.92 Å². The average Bonchev–Trinajstić information content (AvgIpc) is 3.15. The maximum atomic E-state index is 12.7. The van der Waals surface area contributed by atoms with Gasteiger partial charge in [-0.1, -0.05) is 43.3 Å². The smallest absolute Gasteiger partial charge is 0.238 e. The molecule has 0 saturated carbocycles. The highest BCUT2D eigenvalue weighted by molar-refractivity contribution is 6.01. The van der Waals surface area contributed by atoms with E-state index in [-0.39, 0.29) is 23.8 Å². The first-order chi connectivity index (χ1) is 14.9. The number of nitrogens with zero attached hydrogens (tertiary/aromatic N) is 1. The van der Waals surface area contributed by atoms with E-state index in [0.29, 0.717) is 18.9 Å². The fourth-order valence-electron chi connectivity index (χ4n) is 4.53. The largest absolute Gasteiger partial charge is 0.339 e. The summed E-state index contributed by atoms with van der Waals surface area (Å²) in [6.45, 7) is 4.16. The molecule has 2 heterocycles. The monoisotopic (exact) mass is 416 g/mol. The molecular weight excluding hydrogens is 388 g/mol. The maximum absolute atomic E-state index is 12.7. The van der Waals surface area contributed by atoms with Gasteiger partial charge in [0.1, 0.15) is 6.04 Å². The second-order valence-corrected chi connectivity index (χ2v) is 8.75. The normalized spacial score (nSPS) is 23.4. The summed E-state index contributed by atoms with van der Waals surface area (Å²) in [5.41, 5.74) is 4.95. The number of anilines is 1. The number of rotatable bonds is 5. The fourth-order valence-corrected chi connectivity index (χ4v) is 4.53. The summed E-state index contributed by atoms with van der Waals surface area (Å²) >= 11 is 0. The Hall–Kier alpha value is -3.17. The van der Waals surface area contributed by atoms with Crippen LogP contribution in [0.25, 0.3) is 11.1 Å². The van der Waals surface area contributed by atoms with Gasteiger partial charge in [0.2, 0.25) is 11.8 Å². The third-order valence-electron chi connectivity index (χ3n) is 6.34. The van der Waals surface area contributed by atoms with Crippen LogP contribution in [0.2, 0.25) is 0 Å². The van der Waals surface area contributed by atoms with Crippen LogP contribution in [0.3, 0.4) is 0 Å². The summed E-state index contributed by atoms with van der Waals surface area (Å²) in [4.78, 5) is 24.5. The van der Waals surface area contributed by atoms with Crippen LogP contribution in [0.1, 0.15) is 37.8 Å². The highest BCUT2D eigenvalue weighted by Crippen LogP contribution is 2.33. The Morgan fingerprint density at radius 1 is 1.19 bits per heavy atom. The molecule has 4 atom stereocenters. The molecule has 0 unspecified atom stereocenters. The molecule has 1 saturated heterocycles. The number of piperidine rings is 1. The standard InChI is InChI=1S/C25H28N4O2/c1-15-6-7-16(2)27-24(15)25(31)28-19(14-26)12-17-8-10-18(11-9-17)20-4-3-5-22-21(20)13-23(30)29-22/h3-5,8-11,15-16,19,24,27H,6-7,12-13H2,1-2H3,(H,28,31)(H,29,30)/t15-,16+,19+,24+/m1/s1.